The van der Waals surface area contributed by atoms with Gasteiger partial charge in [0.15, 0.2) is 0 Å². The number of aliphatic hydroxyl groups excluding tert-OH is 1. The predicted molar refractivity (Wildman–Crippen MR) is 112 cm³/mol. The number of hydrogen-bond acceptors (Lipinski definition) is 5. The molecule has 0 saturated carbocycles. The molecule has 3 aromatic rings. The van der Waals surface area contributed by atoms with Crippen LogP contribution in [0.15, 0.2) is 70.0 Å². The van der Waals surface area contributed by atoms with Gasteiger partial charge in [0.25, 0.3) is 5.91 Å². The van der Waals surface area contributed by atoms with Gasteiger partial charge in [-0.2, -0.15) is 0 Å². The molecule has 3 N–H and O–H groups in total. The summed E-state index contributed by atoms with van der Waals surface area (Å²) in [5, 5.41) is 16.1. The summed E-state index contributed by atoms with van der Waals surface area (Å²) in [7, 11) is -4.18. The first-order chi connectivity index (χ1) is 14.2. The van der Waals surface area contributed by atoms with Gasteiger partial charge < -0.3 is 14.4 Å². The van der Waals surface area contributed by atoms with Crippen molar-refractivity contribution >= 4 is 15.9 Å². The van der Waals surface area contributed by atoms with Gasteiger partial charge in [-0.1, -0.05) is 60.7 Å². The predicted octanol–water partition coefficient (Wildman–Crippen LogP) is 2.92. The van der Waals surface area contributed by atoms with Crippen molar-refractivity contribution in [2.24, 2.45) is 5.14 Å². The molecule has 1 aromatic heterocycles. The Labute approximate surface area is 175 Å². The number of hydrogen-bond donors (Lipinski definition) is 2. The molecule has 0 saturated heterocycles. The second-order valence-electron chi connectivity index (χ2n) is 7.06. The average Bonchev–Trinajstić information content (AvgIpc) is 3.02. The first kappa shape index (κ1) is 21.8. The lowest BCUT2D eigenvalue weighted by molar-refractivity contribution is 0.0599. The number of benzene rings is 2. The maximum Gasteiger partial charge on any atom is 0.259 e. The highest BCUT2D eigenvalue weighted by Crippen LogP contribution is 2.28. The molecule has 0 aliphatic heterocycles. The van der Waals surface area contributed by atoms with Crippen molar-refractivity contribution < 1.29 is 22.7 Å². The van der Waals surface area contributed by atoms with E-state index in [-0.39, 0.29) is 35.1 Å². The fourth-order valence-corrected chi connectivity index (χ4v) is 4.38. The maximum absolute atomic E-state index is 13.5. The van der Waals surface area contributed by atoms with Gasteiger partial charge in [-0.15, -0.1) is 0 Å². The summed E-state index contributed by atoms with van der Waals surface area (Å²) >= 11 is 0. The molecule has 0 aliphatic rings. The summed E-state index contributed by atoms with van der Waals surface area (Å²) in [5.41, 5.74) is 1.38. The van der Waals surface area contributed by atoms with Crippen LogP contribution in [0.1, 0.15) is 39.1 Å². The largest absolute Gasteiger partial charge is 0.464 e. The van der Waals surface area contributed by atoms with Crippen LogP contribution in [0, 0.1) is 13.8 Å². The Morgan fingerprint density at radius 2 is 1.60 bits per heavy atom. The molecule has 1 amide bonds. The monoisotopic (exact) mass is 428 g/mol. The number of aryl methyl sites for hydroxylation is 2. The third-order valence-electron chi connectivity index (χ3n) is 4.78. The average molecular weight is 429 g/mol. The van der Waals surface area contributed by atoms with Gasteiger partial charge >= 0.3 is 0 Å². The number of primary sulfonamides is 1. The van der Waals surface area contributed by atoms with Crippen LogP contribution in [0.5, 0.6) is 0 Å². The standard InChI is InChI=1S/C22H24N2O5S/c1-15-20(21(16(2)29-15)30(23,27)28)22(26)24(13-17-9-5-3-6-10-17)14-19(25)18-11-7-4-8-12-18/h3-12,19,25H,13-14H2,1-2H3,(H2,23,27,28). The Balaban J connectivity index is 2.01. The lowest BCUT2D eigenvalue weighted by Crippen LogP contribution is -2.35. The van der Waals surface area contributed by atoms with Crippen molar-refractivity contribution in [3.63, 3.8) is 0 Å². The molecule has 0 aliphatic carbocycles. The summed E-state index contributed by atoms with van der Waals surface area (Å²) in [6.07, 6.45) is -0.954. The van der Waals surface area contributed by atoms with Gasteiger partial charge in [-0.05, 0) is 25.0 Å². The number of amides is 1. The molecule has 3 rings (SSSR count). The molecular formula is C22H24N2O5S. The fourth-order valence-electron chi connectivity index (χ4n) is 3.42. The van der Waals surface area contributed by atoms with E-state index >= 15 is 0 Å². The van der Waals surface area contributed by atoms with Gasteiger partial charge in [-0.3, -0.25) is 4.79 Å². The molecule has 8 heteroatoms. The number of aliphatic hydroxyl groups is 1. The highest BCUT2D eigenvalue weighted by molar-refractivity contribution is 7.89. The summed E-state index contributed by atoms with van der Waals surface area (Å²) in [4.78, 5) is 14.5. The SMILES string of the molecule is Cc1oc(C)c(S(N)(=O)=O)c1C(=O)N(Cc1ccccc1)CC(O)c1ccccc1. The molecule has 30 heavy (non-hydrogen) atoms. The molecule has 0 radical (unpaired) electrons. The first-order valence-electron chi connectivity index (χ1n) is 9.37. The third-order valence-corrected chi connectivity index (χ3v) is 5.85. The molecule has 2 aromatic carbocycles. The maximum atomic E-state index is 13.5. The summed E-state index contributed by atoms with van der Waals surface area (Å²) in [6.45, 7) is 3.11. The van der Waals surface area contributed by atoms with E-state index in [4.69, 9.17) is 9.56 Å². The molecule has 0 bridgehead atoms. The smallest absolute Gasteiger partial charge is 0.259 e. The highest BCUT2D eigenvalue weighted by atomic mass is 32.2. The molecular weight excluding hydrogens is 404 g/mol. The van der Waals surface area contributed by atoms with Crippen LogP contribution in [0.3, 0.4) is 0 Å². The van der Waals surface area contributed by atoms with E-state index < -0.39 is 22.0 Å². The number of nitrogens with two attached hydrogens (primary N) is 1. The lowest BCUT2D eigenvalue weighted by atomic mass is 10.1. The second-order valence-corrected chi connectivity index (χ2v) is 8.56. The summed E-state index contributed by atoms with van der Waals surface area (Å²) in [5.74, 6) is -0.359. The zero-order valence-electron chi connectivity index (χ0n) is 16.8. The number of carbonyl (C=O) groups is 1. The van der Waals surface area contributed by atoms with Gasteiger partial charge in [0.05, 0.1) is 12.6 Å². The van der Waals surface area contributed by atoms with Crippen LogP contribution in [0.2, 0.25) is 0 Å². The Morgan fingerprint density at radius 1 is 1.03 bits per heavy atom. The van der Waals surface area contributed by atoms with Crippen molar-refractivity contribution in [2.45, 2.75) is 31.4 Å². The van der Waals surface area contributed by atoms with E-state index in [2.05, 4.69) is 0 Å². The number of furan rings is 1. The molecule has 1 atom stereocenters. The van der Waals surface area contributed by atoms with Crippen LogP contribution in [0.25, 0.3) is 0 Å². The van der Waals surface area contributed by atoms with E-state index in [0.29, 0.717) is 5.56 Å². The molecule has 158 valence electrons. The van der Waals surface area contributed by atoms with E-state index in [1.807, 2.05) is 36.4 Å². The molecule has 1 unspecified atom stereocenters. The minimum absolute atomic E-state index is 0.0362. The van der Waals surface area contributed by atoms with Crippen LogP contribution < -0.4 is 5.14 Å². The zero-order chi connectivity index (χ0) is 21.9. The quantitative estimate of drug-likeness (QED) is 0.601. The van der Waals surface area contributed by atoms with E-state index in [9.17, 15) is 18.3 Å². The number of sulfonamides is 1. The topological polar surface area (TPSA) is 114 Å². The Kier molecular flexibility index (Phi) is 6.40. The minimum atomic E-state index is -4.18. The van der Waals surface area contributed by atoms with Crippen LogP contribution >= 0.6 is 0 Å². The van der Waals surface area contributed by atoms with Crippen LogP contribution in [-0.2, 0) is 16.6 Å². The lowest BCUT2D eigenvalue weighted by Gasteiger charge is -2.26. The van der Waals surface area contributed by atoms with Gasteiger partial charge in [-0.25, -0.2) is 13.6 Å². The Morgan fingerprint density at radius 3 is 2.17 bits per heavy atom. The molecule has 0 spiro atoms. The first-order valence-corrected chi connectivity index (χ1v) is 10.9. The van der Waals surface area contributed by atoms with Gasteiger partial charge in [0, 0.05) is 6.54 Å². The van der Waals surface area contributed by atoms with Crippen molar-refractivity contribution in [3.05, 3.63) is 88.9 Å². The van der Waals surface area contributed by atoms with Gasteiger partial charge in [0.1, 0.15) is 22.0 Å². The van der Waals surface area contributed by atoms with E-state index in [1.54, 1.807) is 24.3 Å². The van der Waals surface area contributed by atoms with E-state index in [1.165, 1.54) is 18.7 Å². The summed E-state index contributed by atoms with van der Waals surface area (Å²) < 4.78 is 29.6. The van der Waals surface area contributed by atoms with E-state index in [0.717, 1.165) is 5.56 Å². The Hall–Kier alpha value is -2.94. The van der Waals surface area contributed by atoms with Crippen molar-refractivity contribution in [1.82, 2.24) is 4.90 Å². The van der Waals surface area contributed by atoms with Crippen molar-refractivity contribution in [2.75, 3.05) is 6.54 Å². The number of rotatable bonds is 7. The van der Waals surface area contributed by atoms with Crippen molar-refractivity contribution in [3.8, 4) is 0 Å². The number of nitrogens with zero attached hydrogens (tertiary/aromatic N) is 1. The molecule has 1 heterocycles. The minimum Gasteiger partial charge on any atom is -0.464 e. The zero-order valence-corrected chi connectivity index (χ0v) is 17.6. The summed E-state index contributed by atoms with van der Waals surface area (Å²) in [6, 6.07) is 18.2. The fraction of sp³-hybridized carbons (Fsp3) is 0.227. The molecule has 0 fully saturated rings. The Bertz CT molecular complexity index is 1130. The molecule has 7 nitrogen and oxygen atoms in total. The van der Waals surface area contributed by atoms with Crippen LogP contribution in [0.4, 0.5) is 0 Å². The second kappa shape index (κ2) is 8.83. The highest BCUT2D eigenvalue weighted by Gasteiger charge is 2.32. The van der Waals surface area contributed by atoms with Crippen LogP contribution in [-0.4, -0.2) is 30.9 Å². The van der Waals surface area contributed by atoms with Crippen molar-refractivity contribution in [1.29, 1.82) is 0 Å². The van der Waals surface area contributed by atoms with Gasteiger partial charge in [0.2, 0.25) is 10.0 Å². The third kappa shape index (κ3) is 4.79. The normalized spacial score (nSPS) is 12.5. The number of carbonyl (C=O) groups excluding carboxylic acids is 1.